The summed E-state index contributed by atoms with van der Waals surface area (Å²) in [6.07, 6.45) is 15.2. The van der Waals surface area contributed by atoms with Crippen LogP contribution in [0.3, 0.4) is 0 Å². The van der Waals surface area contributed by atoms with Crippen LogP contribution in [0.4, 0.5) is 0 Å². The topological polar surface area (TPSA) is 24.5 Å². The molecule has 1 heterocycles. The SMILES string of the molecule is CCCCCCCCCCCOCCNCCN1CCCC1. The molecule has 0 bridgehead atoms. The first kappa shape index (κ1) is 19.9. The molecule has 0 spiro atoms. The van der Waals surface area contributed by atoms with Crippen LogP contribution in [0.25, 0.3) is 0 Å². The zero-order valence-electron chi connectivity index (χ0n) is 15.1. The van der Waals surface area contributed by atoms with Crippen LogP contribution in [0.15, 0.2) is 0 Å². The Kier molecular flexibility index (Phi) is 14.3. The van der Waals surface area contributed by atoms with Crippen LogP contribution in [0.1, 0.15) is 77.6 Å². The van der Waals surface area contributed by atoms with Gasteiger partial charge in [-0.05, 0) is 32.4 Å². The van der Waals surface area contributed by atoms with Gasteiger partial charge in [0.2, 0.25) is 0 Å². The number of likely N-dealkylation sites (tertiary alicyclic amines) is 1. The summed E-state index contributed by atoms with van der Waals surface area (Å²) in [4.78, 5) is 2.55. The first-order valence-electron chi connectivity index (χ1n) is 9.94. The van der Waals surface area contributed by atoms with E-state index in [2.05, 4.69) is 17.1 Å². The Labute approximate surface area is 139 Å². The minimum absolute atomic E-state index is 0.872. The highest BCUT2D eigenvalue weighted by Gasteiger charge is 2.09. The van der Waals surface area contributed by atoms with Crippen molar-refractivity contribution in [3.05, 3.63) is 0 Å². The summed E-state index contributed by atoms with van der Waals surface area (Å²) in [6, 6.07) is 0. The minimum atomic E-state index is 0.872. The molecule has 1 aliphatic rings. The van der Waals surface area contributed by atoms with Gasteiger partial charge in [0.1, 0.15) is 0 Å². The Morgan fingerprint density at radius 1 is 0.773 bits per heavy atom. The molecule has 3 nitrogen and oxygen atoms in total. The second-order valence-corrected chi connectivity index (χ2v) is 6.74. The third kappa shape index (κ3) is 12.4. The van der Waals surface area contributed by atoms with Crippen molar-refractivity contribution in [1.82, 2.24) is 10.2 Å². The molecule has 0 aromatic heterocycles. The third-order valence-electron chi connectivity index (χ3n) is 4.62. The molecule has 0 atom stereocenters. The van der Waals surface area contributed by atoms with Gasteiger partial charge in [-0.2, -0.15) is 0 Å². The molecule has 0 amide bonds. The highest BCUT2D eigenvalue weighted by molar-refractivity contribution is 4.66. The maximum absolute atomic E-state index is 5.69. The van der Waals surface area contributed by atoms with Gasteiger partial charge in [0.25, 0.3) is 0 Å². The fourth-order valence-electron chi connectivity index (χ4n) is 3.13. The Hall–Kier alpha value is -0.120. The molecule has 0 radical (unpaired) electrons. The lowest BCUT2D eigenvalue weighted by molar-refractivity contribution is 0.131. The highest BCUT2D eigenvalue weighted by atomic mass is 16.5. The number of hydrogen-bond acceptors (Lipinski definition) is 3. The molecule has 3 heteroatoms. The molecular weight excluding hydrogens is 272 g/mol. The molecule has 0 aliphatic carbocycles. The van der Waals surface area contributed by atoms with Gasteiger partial charge in [0.05, 0.1) is 6.61 Å². The molecule has 1 fully saturated rings. The number of ether oxygens (including phenoxy) is 1. The van der Waals surface area contributed by atoms with Crippen molar-refractivity contribution in [3.63, 3.8) is 0 Å². The van der Waals surface area contributed by atoms with Crippen LogP contribution in [-0.4, -0.2) is 50.8 Å². The van der Waals surface area contributed by atoms with E-state index in [1.54, 1.807) is 0 Å². The van der Waals surface area contributed by atoms with Crippen molar-refractivity contribution in [1.29, 1.82) is 0 Å². The molecule has 0 aromatic carbocycles. The number of unbranched alkanes of at least 4 members (excludes halogenated alkanes) is 8. The summed E-state index contributed by atoms with van der Waals surface area (Å²) >= 11 is 0. The second-order valence-electron chi connectivity index (χ2n) is 6.74. The van der Waals surface area contributed by atoms with Gasteiger partial charge >= 0.3 is 0 Å². The molecule has 1 rings (SSSR count). The molecule has 132 valence electrons. The average Bonchev–Trinajstić information content (AvgIpc) is 3.04. The highest BCUT2D eigenvalue weighted by Crippen LogP contribution is 2.09. The Bertz CT molecular complexity index is 217. The van der Waals surface area contributed by atoms with Gasteiger partial charge < -0.3 is 15.0 Å². The normalized spacial score (nSPS) is 15.7. The van der Waals surface area contributed by atoms with E-state index in [9.17, 15) is 0 Å². The summed E-state index contributed by atoms with van der Waals surface area (Å²) in [5, 5.41) is 3.48. The van der Waals surface area contributed by atoms with E-state index in [0.29, 0.717) is 0 Å². The molecule has 0 saturated carbocycles. The lowest BCUT2D eigenvalue weighted by Crippen LogP contribution is -2.31. The van der Waals surface area contributed by atoms with Gasteiger partial charge in [-0.1, -0.05) is 58.3 Å². The summed E-state index contributed by atoms with van der Waals surface area (Å²) in [7, 11) is 0. The van der Waals surface area contributed by atoms with Gasteiger partial charge in [-0.3, -0.25) is 0 Å². The average molecular weight is 313 g/mol. The van der Waals surface area contributed by atoms with E-state index in [1.807, 2.05) is 0 Å². The Morgan fingerprint density at radius 3 is 2.09 bits per heavy atom. The van der Waals surface area contributed by atoms with E-state index < -0.39 is 0 Å². The van der Waals surface area contributed by atoms with Gasteiger partial charge in [0, 0.05) is 26.2 Å². The van der Waals surface area contributed by atoms with Crippen LogP contribution in [0.2, 0.25) is 0 Å². The van der Waals surface area contributed by atoms with E-state index in [4.69, 9.17) is 4.74 Å². The van der Waals surface area contributed by atoms with Crippen molar-refractivity contribution in [2.24, 2.45) is 0 Å². The van der Waals surface area contributed by atoms with Crippen LogP contribution in [-0.2, 0) is 4.74 Å². The number of nitrogens with one attached hydrogen (secondary N) is 1. The maximum Gasteiger partial charge on any atom is 0.0590 e. The van der Waals surface area contributed by atoms with Crippen LogP contribution in [0.5, 0.6) is 0 Å². The second kappa shape index (κ2) is 15.8. The number of rotatable bonds is 16. The third-order valence-corrected chi connectivity index (χ3v) is 4.62. The van der Waals surface area contributed by atoms with Gasteiger partial charge in [0.15, 0.2) is 0 Å². The van der Waals surface area contributed by atoms with Crippen LogP contribution in [0, 0.1) is 0 Å². The molecule has 22 heavy (non-hydrogen) atoms. The first-order valence-corrected chi connectivity index (χ1v) is 9.94. The lowest BCUT2D eigenvalue weighted by atomic mass is 10.1. The fraction of sp³-hybridized carbons (Fsp3) is 1.00. The predicted octanol–water partition coefficient (Wildman–Crippen LogP) is 4.22. The molecule has 1 saturated heterocycles. The van der Waals surface area contributed by atoms with E-state index in [0.717, 1.165) is 26.3 Å². The molecule has 1 N–H and O–H groups in total. The van der Waals surface area contributed by atoms with Crippen molar-refractivity contribution < 1.29 is 4.74 Å². The maximum atomic E-state index is 5.69. The zero-order valence-corrected chi connectivity index (χ0v) is 15.1. The summed E-state index contributed by atoms with van der Waals surface area (Å²) in [5.41, 5.74) is 0. The van der Waals surface area contributed by atoms with E-state index in [-0.39, 0.29) is 0 Å². The lowest BCUT2D eigenvalue weighted by Gasteiger charge is -2.14. The summed E-state index contributed by atoms with van der Waals surface area (Å²) in [5.74, 6) is 0. The number of hydrogen-bond donors (Lipinski definition) is 1. The Balaban J connectivity index is 1.64. The molecular formula is C19H40N2O. The van der Waals surface area contributed by atoms with E-state index >= 15 is 0 Å². The molecule has 0 unspecified atom stereocenters. The molecule has 1 aliphatic heterocycles. The predicted molar refractivity (Wildman–Crippen MR) is 96.6 cm³/mol. The zero-order chi connectivity index (χ0) is 15.7. The van der Waals surface area contributed by atoms with Crippen molar-refractivity contribution >= 4 is 0 Å². The summed E-state index contributed by atoms with van der Waals surface area (Å²) < 4.78 is 5.69. The van der Waals surface area contributed by atoms with Gasteiger partial charge in [-0.15, -0.1) is 0 Å². The van der Waals surface area contributed by atoms with Crippen molar-refractivity contribution in [3.8, 4) is 0 Å². The Morgan fingerprint density at radius 2 is 1.41 bits per heavy atom. The smallest absolute Gasteiger partial charge is 0.0590 e. The van der Waals surface area contributed by atoms with Crippen LogP contribution < -0.4 is 5.32 Å². The standard InChI is InChI=1S/C19H40N2O/c1-2-3-4-5-6-7-8-9-12-18-22-19-14-20-13-17-21-15-10-11-16-21/h20H,2-19H2,1H3. The number of nitrogens with zero attached hydrogens (tertiary/aromatic N) is 1. The monoisotopic (exact) mass is 312 g/mol. The summed E-state index contributed by atoms with van der Waals surface area (Å²) in [6.45, 7) is 10.0. The minimum Gasteiger partial charge on any atom is -0.380 e. The van der Waals surface area contributed by atoms with Crippen molar-refractivity contribution in [2.75, 3.05) is 45.9 Å². The first-order chi connectivity index (χ1) is 10.9. The van der Waals surface area contributed by atoms with E-state index in [1.165, 1.54) is 90.3 Å². The van der Waals surface area contributed by atoms with Gasteiger partial charge in [-0.25, -0.2) is 0 Å². The van der Waals surface area contributed by atoms with Crippen LogP contribution >= 0.6 is 0 Å². The quantitative estimate of drug-likeness (QED) is 0.432. The fourth-order valence-corrected chi connectivity index (χ4v) is 3.13. The van der Waals surface area contributed by atoms with Crippen molar-refractivity contribution in [2.45, 2.75) is 77.6 Å². The molecule has 0 aromatic rings. The largest absolute Gasteiger partial charge is 0.380 e.